The number of rotatable bonds is 3. The molecule has 2 rings (SSSR count). The number of aliphatic hydroxyl groups is 1. The third kappa shape index (κ3) is 3.20. The molecule has 1 saturated heterocycles. The largest absolute Gasteiger partial charge is 0.388 e. The molecule has 17 heavy (non-hydrogen) atoms. The zero-order chi connectivity index (χ0) is 12.3. The van der Waals surface area contributed by atoms with Gasteiger partial charge in [0, 0.05) is 38.3 Å². The summed E-state index contributed by atoms with van der Waals surface area (Å²) in [5.74, 6) is 0. The molecule has 3 heteroatoms. The topological polar surface area (TPSA) is 41.5 Å². The van der Waals surface area contributed by atoms with E-state index in [1.807, 2.05) is 0 Å². The first kappa shape index (κ1) is 12.4. The number of nitrogens with one attached hydrogen (secondary N) is 1. The Bertz CT molecular complexity index is 384. The summed E-state index contributed by atoms with van der Waals surface area (Å²) in [6.45, 7) is 6.09. The molecular weight excluding hydrogens is 214 g/mol. The van der Waals surface area contributed by atoms with Crippen LogP contribution in [0.1, 0.15) is 24.0 Å². The molecule has 0 bridgehead atoms. The van der Waals surface area contributed by atoms with Crippen molar-refractivity contribution in [2.75, 3.05) is 25.1 Å². The van der Waals surface area contributed by atoms with E-state index in [1.54, 1.807) is 0 Å². The highest BCUT2D eigenvalue weighted by Crippen LogP contribution is 2.22. The zero-order valence-electron chi connectivity index (χ0n) is 10.6. The minimum Gasteiger partial charge on any atom is -0.388 e. The van der Waals surface area contributed by atoms with Crippen molar-refractivity contribution >= 4 is 5.69 Å². The number of aryl methyl sites for hydroxylation is 2. The lowest BCUT2D eigenvalue weighted by molar-refractivity contribution is -0.0543. The molecule has 0 amide bonds. The molecule has 1 aliphatic rings. The first-order chi connectivity index (χ1) is 8.09. The van der Waals surface area contributed by atoms with Crippen molar-refractivity contribution < 1.29 is 9.84 Å². The van der Waals surface area contributed by atoms with E-state index in [9.17, 15) is 5.11 Å². The van der Waals surface area contributed by atoms with Gasteiger partial charge in [-0.05, 0) is 25.5 Å². The SMILES string of the molecule is Cc1ccc(NCC2(O)CCOCC2)c(C)c1. The van der Waals surface area contributed by atoms with Crippen molar-refractivity contribution in [1.82, 2.24) is 0 Å². The summed E-state index contributed by atoms with van der Waals surface area (Å²) in [5, 5.41) is 13.7. The Morgan fingerprint density at radius 3 is 2.65 bits per heavy atom. The molecule has 1 aromatic rings. The molecule has 1 fully saturated rings. The molecule has 0 atom stereocenters. The van der Waals surface area contributed by atoms with E-state index < -0.39 is 5.60 Å². The second kappa shape index (κ2) is 5.07. The van der Waals surface area contributed by atoms with Crippen LogP contribution in [0, 0.1) is 13.8 Å². The van der Waals surface area contributed by atoms with E-state index in [0.717, 1.165) is 5.69 Å². The fourth-order valence-electron chi connectivity index (χ4n) is 2.20. The van der Waals surface area contributed by atoms with Crippen molar-refractivity contribution in [1.29, 1.82) is 0 Å². The molecule has 94 valence electrons. The van der Waals surface area contributed by atoms with Gasteiger partial charge in [-0.3, -0.25) is 0 Å². The minimum atomic E-state index is -0.615. The van der Waals surface area contributed by atoms with Gasteiger partial charge in [0.2, 0.25) is 0 Å². The predicted octanol–water partition coefficient (Wildman–Crippen LogP) is 2.26. The highest BCUT2D eigenvalue weighted by Gasteiger charge is 2.29. The van der Waals surface area contributed by atoms with Gasteiger partial charge in [-0.15, -0.1) is 0 Å². The van der Waals surface area contributed by atoms with E-state index in [1.165, 1.54) is 11.1 Å². The smallest absolute Gasteiger partial charge is 0.0863 e. The fraction of sp³-hybridized carbons (Fsp3) is 0.571. The molecule has 1 heterocycles. The third-order valence-corrected chi connectivity index (χ3v) is 3.41. The molecule has 1 aliphatic heterocycles. The van der Waals surface area contributed by atoms with Crippen LogP contribution in [-0.2, 0) is 4.74 Å². The van der Waals surface area contributed by atoms with Crippen molar-refractivity contribution in [3.63, 3.8) is 0 Å². The third-order valence-electron chi connectivity index (χ3n) is 3.41. The summed E-state index contributed by atoms with van der Waals surface area (Å²) in [7, 11) is 0. The average Bonchev–Trinajstić information content (AvgIpc) is 2.29. The number of benzene rings is 1. The van der Waals surface area contributed by atoms with E-state index in [0.29, 0.717) is 32.6 Å². The summed E-state index contributed by atoms with van der Waals surface area (Å²) >= 11 is 0. The van der Waals surface area contributed by atoms with Gasteiger partial charge in [-0.2, -0.15) is 0 Å². The Morgan fingerprint density at radius 1 is 1.29 bits per heavy atom. The van der Waals surface area contributed by atoms with Crippen LogP contribution in [0.5, 0.6) is 0 Å². The van der Waals surface area contributed by atoms with Gasteiger partial charge < -0.3 is 15.2 Å². The lowest BCUT2D eigenvalue weighted by Gasteiger charge is -2.32. The van der Waals surface area contributed by atoms with Gasteiger partial charge in [-0.1, -0.05) is 17.7 Å². The summed E-state index contributed by atoms with van der Waals surface area (Å²) < 4.78 is 5.27. The normalized spacial score (nSPS) is 19.0. The molecule has 0 radical (unpaired) electrons. The Labute approximate surface area is 103 Å². The Morgan fingerprint density at radius 2 is 2.00 bits per heavy atom. The number of hydrogen-bond donors (Lipinski definition) is 2. The average molecular weight is 235 g/mol. The molecule has 0 aliphatic carbocycles. The van der Waals surface area contributed by atoms with E-state index in [2.05, 4.69) is 37.4 Å². The molecule has 2 N–H and O–H groups in total. The van der Waals surface area contributed by atoms with Gasteiger partial charge in [0.1, 0.15) is 0 Å². The maximum absolute atomic E-state index is 10.3. The van der Waals surface area contributed by atoms with Crippen LogP contribution in [0.15, 0.2) is 18.2 Å². The van der Waals surface area contributed by atoms with Crippen LogP contribution >= 0.6 is 0 Å². The van der Waals surface area contributed by atoms with Crippen LogP contribution in [0.2, 0.25) is 0 Å². The maximum Gasteiger partial charge on any atom is 0.0863 e. The highest BCUT2D eigenvalue weighted by atomic mass is 16.5. The van der Waals surface area contributed by atoms with Crippen LogP contribution in [-0.4, -0.2) is 30.5 Å². The summed E-state index contributed by atoms with van der Waals surface area (Å²) in [5.41, 5.74) is 2.98. The van der Waals surface area contributed by atoms with E-state index >= 15 is 0 Å². The first-order valence-corrected chi connectivity index (χ1v) is 6.20. The molecule has 0 unspecified atom stereocenters. The Balaban J connectivity index is 1.97. The Kier molecular flexibility index (Phi) is 3.69. The molecule has 3 nitrogen and oxygen atoms in total. The van der Waals surface area contributed by atoms with Gasteiger partial charge in [-0.25, -0.2) is 0 Å². The number of ether oxygens (including phenoxy) is 1. The molecule has 0 saturated carbocycles. The minimum absolute atomic E-state index is 0.597. The fourth-order valence-corrected chi connectivity index (χ4v) is 2.20. The number of hydrogen-bond acceptors (Lipinski definition) is 3. The van der Waals surface area contributed by atoms with Crippen LogP contribution in [0.25, 0.3) is 0 Å². The van der Waals surface area contributed by atoms with Crippen molar-refractivity contribution in [2.24, 2.45) is 0 Å². The quantitative estimate of drug-likeness (QED) is 0.844. The van der Waals surface area contributed by atoms with Gasteiger partial charge >= 0.3 is 0 Å². The lowest BCUT2D eigenvalue weighted by Crippen LogP contribution is -2.42. The second-order valence-corrected chi connectivity index (χ2v) is 5.01. The van der Waals surface area contributed by atoms with E-state index in [4.69, 9.17) is 4.74 Å². The molecule has 0 aromatic heterocycles. The zero-order valence-corrected chi connectivity index (χ0v) is 10.6. The Hall–Kier alpha value is -1.06. The van der Waals surface area contributed by atoms with Crippen LogP contribution in [0.3, 0.4) is 0 Å². The first-order valence-electron chi connectivity index (χ1n) is 6.20. The predicted molar refractivity (Wildman–Crippen MR) is 69.4 cm³/mol. The highest BCUT2D eigenvalue weighted by molar-refractivity contribution is 5.52. The number of anilines is 1. The monoisotopic (exact) mass is 235 g/mol. The van der Waals surface area contributed by atoms with E-state index in [-0.39, 0.29) is 0 Å². The van der Waals surface area contributed by atoms with Gasteiger partial charge in [0.15, 0.2) is 0 Å². The van der Waals surface area contributed by atoms with Crippen molar-refractivity contribution in [3.8, 4) is 0 Å². The molecule has 0 spiro atoms. The lowest BCUT2D eigenvalue weighted by atomic mass is 9.94. The summed E-state index contributed by atoms with van der Waals surface area (Å²) in [6, 6.07) is 6.31. The van der Waals surface area contributed by atoms with Crippen LogP contribution < -0.4 is 5.32 Å². The van der Waals surface area contributed by atoms with Gasteiger partial charge in [0.05, 0.1) is 5.60 Å². The summed E-state index contributed by atoms with van der Waals surface area (Å²) in [4.78, 5) is 0. The standard InChI is InChI=1S/C14H21NO2/c1-11-3-4-13(12(2)9-11)15-10-14(16)5-7-17-8-6-14/h3-4,9,15-16H,5-8,10H2,1-2H3. The maximum atomic E-state index is 10.3. The second-order valence-electron chi connectivity index (χ2n) is 5.01. The molecule has 1 aromatic carbocycles. The van der Waals surface area contributed by atoms with Crippen LogP contribution in [0.4, 0.5) is 5.69 Å². The van der Waals surface area contributed by atoms with Gasteiger partial charge in [0.25, 0.3) is 0 Å². The molecular formula is C14H21NO2. The summed E-state index contributed by atoms with van der Waals surface area (Å²) in [6.07, 6.45) is 1.43. The van der Waals surface area contributed by atoms with Crippen molar-refractivity contribution in [2.45, 2.75) is 32.3 Å². The van der Waals surface area contributed by atoms with Crippen molar-refractivity contribution in [3.05, 3.63) is 29.3 Å².